The maximum absolute atomic E-state index is 14.4. The Morgan fingerprint density at radius 2 is 1.80 bits per heavy atom. The Balaban J connectivity index is 1.38. The first-order valence-corrected chi connectivity index (χ1v) is 13.8. The molecule has 2 amide bonds. The van der Waals surface area contributed by atoms with Gasteiger partial charge in [-0.1, -0.05) is 6.07 Å². The molecule has 2 fully saturated rings. The number of hydrogen-bond donors (Lipinski definition) is 2. The summed E-state index contributed by atoms with van der Waals surface area (Å²) in [6.07, 6.45) is 8.60. The number of aromatic nitrogens is 1. The van der Waals surface area contributed by atoms with Crippen molar-refractivity contribution in [1.29, 1.82) is 0 Å². The predicted molar refractivity (Wildman–Crippen MR) is 156 cm³/mol. The molecule has 0 saturated carbocycles. The van der Waals surface area contributed by atoms with Crippen LogP contribution in [0.25, 0.3) is 0 Å². The quantitative estimate of drug-likeness (QED) is 0.365. The van der Waals surface area contributed by atoms with Gasteiger partial charge in [-0.05, 0) is 100 Å². The summed E-state index contributed by atoms with van der Waals surface area (Å²) in [6, 6.07) is 10.0. The number of nitrogens with zero attached hydrogens (tertiary/aromatic N) is 5. The zero-order valence-corrected chi connectivity index (χ0v) is 23.4. The molecule has 3 heterocycles. The number of anilines is 3. The lowest BCUT2D eigenvalue weighted by Gasteiger charge is -2.40. The molecule has 2 saturated heterocycles. The van der Waals surface area contributed by atoms with E-state index in [9.17, 15) is 14.0 Å². The summed E-state index contributed by atoms with van der Waals surface area (Å²) >= 11 is 0. The number of likely N-dealkylation sites (tertiary alicyclic amines) is 2. The maximum Gasteiger partial charge on any atom is 0.225 e. The third-order valence-corrected chi connectivity index (χ3v) is 7.94. The molecular formula is C30H40FN7O2. The Labute approximate surface area is 235 Å². The van der Waals surface area contributed by atoms with Gasteiger partial charge in [0.05, 0.1) is 11.4 Å². The van der Waals surface area contributed by atoms with Crippen LogP contribution in [0.5, 0.6) is 0 Å². The lowest BCUT2D eigenvalue weighted by molar-refractivity contribution is -0.138. The van der Waals surface area contributed by atoms with E-state index in [-0.39, 0.29) is 23.7 Å². The lowest BCUT2D eigenvalue weighted by atomic mass is 9.93. The minimum Gasteiger partial charge on any atom is -0.405 e. The third kappa shape index (κ3) is 6.80. The van der Waals surface area contributed by atoms with Gasteiger partial charge in [-0.2, -0.15) is 0 Å². The fourth-order valence-corrected chi connectivity index (χ4v) is 5.67. The smallest absolute Gasteiger partial charge is 0.225 e. The number of benzene rings is 1. The van der Waals surface area contributed by atoms with Crippen LogP contribution in [0.15, 0.2) is 60.4 Å². The zero-order chi connectivity index (χ0) is 28.6. The molecule has 214 valence electrons. The summed E-state index contributed by atoms with van der Waals surface area (Å²) in [5.41, 5.74) is 14.2. The van der Waals surface area contributed by atoms with E-state index in [0.717, 1.165) is 50.2 Å². The molecule has 0 spiro atoms. The van der Waals surface area contributed by atoms with Gasteiger partial charge >= 0.3 is 0 Å². The number of pyridine rings is 1. The molecule has 4 N–H and O–H groups in total. The van der Waals surface area contributed by atoms with Gasteiger partial charge in [-0.15, -0.1) is 0 Å². The van der Waals surface area contributed by atoms with E-state index >= 15 is 0 Å². The van der Waals surface area contributed by atoms with Crippen molar-refractivity contribution in [1.82, 2.24) is 14.8 Å². The molecule has 1 aromatic heterocycles. The van der Waals surface area contributed by atoms with Crippen molar-refractivity contribution in [2.24, 2.45) is 17.4 Å². The van der Waals surface area contributed by atoms with Gasteiger partial charge in [0.1, 0.15) is 11.6 Å². The molecule has 10 heteroatoms. The van der Waals surface area contributed by atoms with Gasteiger partial charge in [0.25, 0.3) is 0 Å². The van der Waals surface area contributed by atoms with Crippen LogP contribution >= 0.6 is 0 Å². The normalized spacial score (nSPS) is 17.8. The molecule has 0 aliphatic carbocycles. The van der Waals surface area contributed by atoms with Crippen LogP contribution in [0, 0.1) is 18.7 Å². The number of piperidine rings is 2. The summed E-state index contributed by atoms with van der Waals surface area (Å²) in [7, 11) is 1.82. The Morgan fingerprint density at radius 1 is 1.07 bits per heavy atom. The summed E-state index contributed by atoms with van der Waals surface area (Å²) in [6.45, 7) is 5.45. The van der Waals surface area contributed by atoms with Crippen LogP contribution in [-0.4, -0.2) is 72.9 Å². The van der Waals surface area contributed by atoms with Gasteiger partial charge < -0.3 is 26.2 Å². The first kappa shape index (κ1) is 29.1. The highest BCUT2D eigenvalue weighted by Crippen LogP contribution is 2.36. The van der Waals surface area contributed by atoms with Crippen LogP contribution in [0.1, 0.15) is 31.4 Å². The third-order valence-electron chi connectivity index (χ3n) is 7.94. The standard InChI is InChI=1S/C30H40FN7O2/c1-22-4-3-5-29(34-22)35(2)28-18-25(31)6-7-27(28)38(21-39)26-11-16-37(17-12-26)30(40)24-9-14-36(15-10-24)20-23(19-33)8-13-32/h3-8,13,18-19,21,24,26H,9-12,14-17,20,32-33H2,1-2H3/b13-8-,23-19+. The van der Waals surface area contributed by atoms with Crippen molar-refractivity contribution in [3.05, 3.63) is 72.0 Å². The van der Waals surface area contributed by atoms with Crippen LogP contribution < -0.4 is 21.3 Å². The highest BCUT2D eigenvalue weighted by molar-refractivity contribution is 5.86. The lowest BCUT2D eigenvalue weighted by Crippen LogP contribution is -2.49. The van der Waals surface area contributed by atoms with Crippen molar-refractivity contribution < 1.29 is 14.0 Å². The van der Waals surface area contributed by atoms with E-state index in [1.165, 1.54) is 18.3 Å². The van der Waals surface area contributed by atoms with Crippen molar-refractivity contribution in [2.75, 3.05) is 49.6 Å². The maximum atomic E-state index is 14.4. The van der Waals surface area contributed by atoms with Crippen LogP contribution in [0.3, 0.4) is 0 Å². The number of hydrogen-bond acceptors (Lipinski definition) is 7. The Bertz CT molecular complexity index is 1230. The molecule has 2 aromatic rings. The van der Waals surface area contributed by atoms with Crippen molar-refractivity contribution >= 4 is 29.5 Å². The van der Waals surface area contributed by atoms with E-state index in [1.54, 1.807) is 28.1 Å². The van der Waals surface area contributed by atoms with E-state index in [2.05, 4.69) is 9.88 Å². The van der Waals surface area contributed by atoms with Crippen LogP contribution in [-0.2, 0) is 9.59 Å². The molecule has 0 radical (unpaired) electrons. The van der Waals surface area contributed by atoms with E-state index < -0.39 is 0 Å². The zero-order valence-electron chi connectivity index (χ0n) is 23.4. The van der Waals surface area contributed by atoms with Crippen LogP contribution in [0.2, 0.25) is 0 Å². The summed E-state index contributed by atoms with van der Waals surface area (Å²) in [5.74, 6) is 0.474. The van der Waals surface area contributed by atoms with Gasteiger partial charge in [-0.3, -0.25) is 14.5 Å². The monoisotopic (exact) mass is 549 g/mol. The predicted octanol–water partition coefficient (Wildman–Crippen LogP) is 3.28. The van der Waals surface area contributed by atoms with Gasteiger partial charge in [0.15, 0.2) is 0 Å². The van der Waals surface area contributed by atoms with Crippen molar-refractivity contribution in [3.8, 4) is 0 Å². The molecule has 1 aromatic carbocycles. The first-order valence-electron chi connectivity index (χ1n) is 13.8. The van der Waals surface area contributed by atoms with Crippen molar-refractivity contribution in [2.45, 2.75) is 38.6 Å². The topological polar surface area (TPSA) is 112 Å². The van der Waals surface area contributed by atoms with Crippen molar-refractivity contribution in [3.63, 3.8) is 0 Å². The van der Waals surface area contributed by atoms with Gasteiger partial charge in [-0.25, -0.2) is 9.37 Å². The Hall–Kier alpha value is -3.92. The fourth-order valence-electron chi connectivity index (χ4n) is 5.67. The number of halogens is 1. The summed E-state index contributed by atoms with van der Waals surface area (Å²) in [4.78, 5) is 38.0. The second-order valence-electron chi connectivity index (χ2n) is 10.5. The molecular weight excluding hydrogens is 509 g/mol. The van der Waals surface area contributed by atoms with Crippen LogP contribution in [0.4, 0.5) is 21.6 Å². The first-order chi connectivity index (χ1) is 19.3. The minimum atomic E-state index is -0.387. The Morgan fingerprint density at radius 3 is 2.42 bits per heavy atom. The number of aryl methyl sites for hydroxylation is 1. The van der Waals surface area contributed by atoms with E-state index in [0.29, 0.717) is 43.1 Å². The molecule has 40 heavy (non-hydrogen) atoms. The second kappa shape index (κ2) is 13.4. The SMILES string of the molecule is Cc1cccc(N(C)c2cc(F)ccc2N(C=O)C2CCN(C(=O)C3CCN(CC(/C=C\N)=C/N)CC3)CC2)n1. The number of rotatable bonds is 9. The summed E-state index contributed by atoms with van der Waals surface area (Å²) < 4.78 is 14.4. The fraction of sp³-hybridized carbons (Fsp3) is 0.433. The van der Waals surface area contributed by atoms with Gasteiger partial charge in [0.2, 0.25) is 12.3 Å². The molecule has 9 nitrogen and oxygen atoms in total. The van der Waals surface area contributed by atoms with E-state index in [1.807, 2.05) is 37.1 Å². The number of amides is 2. The number of nitrogens with two attached hydrogens (primary N) is 2. The largest absolute Gasteiger partial charge is 0.405 e. The minimum absolute atomic E-state index is 0.00418. The van der Waals surface area contributed by atoms with Gasteiger partial charge in [0, 0.05) is 44.3 Å². The molecule has 0 unspecified atom stereocenters. The average molecular weight is 550 g/mol. The highest BCUT2D eigenvalue weighted by atomic mass is 19.1. The molecule has 0 bridgehead atoms. The molecule has 2 aliphatic heterocycles. The Kier molecular flexibility index (Phi) is 9.76. The molecule has 4 rings (SSSR count). The average Bonchev–Trinajstić information content (AvgIpc) is 2.98. The highest BCUT2D eigenvalue weighted by Gasteiger charge is 2.33. The van der Waals surface area contributed by atoms with E-state index in [4.69, 9.17) is 11.5 Å². The number of carbonyl (C=O) groups excluding carboxylic acids is 2. The number of carbonyl (C=O) groups is 2. The summed E-state index contributed by atoms with van der Waals surface area (Å²) in [5, 5.41) is 0. The second-order valence-corrected chi connectivity index (χ2v) is 10.5. The molecule has 0 atom stereocenters. The molecule has 2 aliphatic rings.